The minimum atomic E-state index is -3.78. The average Bonchev–Trinajstić information content (AvgIpc) is 2.61. The molecule has 0 aromatic heterocycles. The summed E-state index contributed by atoms with van der Waals surface area (Å²) in [6.45, 7) is 0. The number of rotatable bonds is 8. The number of nitrogens with zero attached hydrogens (tertiary/aromatic N) is 1. The zero-order valence-corrected chi connectivity index (χ0v) is 17.2. The highest BCUT2D eigenvalue weighted by atomic mass is 35.5. The Morgan fingerprint density at radius 2 is 1.63 bits per heavy atom. The van der Waals surface area contributed by atoms with Crippen LogP contribution in [0.25, 0.3) is 0 Å². The highest BCUT2D eigenvalue weighted by Gasteiger charge is 2.30. The predicted octanol–water partition coefficient (Wildman–Crippen LogP) is 3.94. The monoisotopic (exact) mass is 425 g/mol. The van der Waals surface area contributed by atoms with Crippen LogP contribution in [0, 0.1) is 11.3 Å². The van der Waals surface area contributed by atoms with E-state index >= 15 is 0 Å². The molecule has 1 atom stereocenters. The lowest BCUT2D eigenvalue weighted by molar-refractivity contribution is 0.567. The second kappa shape index (κ2) is 8.87. The van der Waals surface area contributed by atoms with Crippen molar-refractivity contribution in [3.8, 4) is 6.07 Å². The van der Waals surface area contributed by atoms with Gasteiger partial charge in [-0.3, -0.25) is 0 Å². The van der Waals surface area contributed by atoms with Gasteiger partial charge in [0.25, 0.3) is 0 Å². The van der Waals surface area contributed by atoms with Crippen LogP contribution in [0.3, 0.4) is 0 Å². The molecule has 0 aliphatic heterocycles. The molecule has 0 fully saturated rings. The van der Waals surface area contributed by atoms with Gasteiger partial charge in [-0.1, -0.05) is 36.2 Å². The second-order valence-electron chi connectivity index (χ2n) is 6.31. The van der Waals surface area contributed by atoms with Crippen molar-refractivity contribution in [2.75, 3.05) is 12.0 Å². The normalized spacial score (nSPS) is 13.1. The average molecular weight is 426 g/mol. The van der Waals surface area contributed by atoms with Crippen LogP contribution in [0.4, 0.5) is 0 Å². The molecule has 8 heteroatoms. The molecule has 144 valence electrons. The largest absolute Gasteiger partial charge is 0.229 e. The van der Waals surface area contributed by atoms with Gasteiger partial charge in [0.1, 0.15) is 9.84 Å². The number of hydrogen-bond donors (Lipinski definition) is 0. The molecule has 0 heterocycles. The van der Waals surface area contributed by atoms with E-state index in [1.165, 1.54) is 24.3 Å². The van der Waals surface area contributed by atoms with E-state index in [1.807, 2.05) is 6.07 Å². The molecular formula is C19H20ClNO4S2. The standard InChI is InChI=1S/C19H20ClNO4S2/c1-26(22,23)13-5-4-8-19(18-7-3-2-6-15(18)14-21)27(24,25)17-11-9-16(20)10-12-17/h2-3,6-7,9-12,19H,4-5,8,13H2,1H3. The molecule has 0 amide bonds. The molecule has 0 saturated heterocycles. The third-order valence-corrected chi connectivity index (χ3v) is 7.63. The summed E-state index contributed by atoms with van der Waals surface area (Å²) in [5.74, 6) is 0.000605. The topological polar surface area (TPSA) is 92.1 Å². The fourth-order valence-corrected chi connectivity index (χ4v) is 5.56. The number of unbranched alkanes of at least 4 members (excludes halogenated alkanes) is 1. The van der Waals surface area contributed by atoms with E-state index in [0.717, 1.165) is 6.26 Å². The number of benzene rings is 2. The molecule has 0 radical (unpaired) electrons. The highest BCUT2D eigenvalue weighted by molar-refractivity contribution is 7.91. The van der Waals surface area contributed by atoms with Crippen LogP contribution in [0.1, 0.15) is 35.6 Å². The Morgan fingerprint density at radius 3 is 2.22 bits per heavy atom. The van der Waals surface area contributed by atoms with Gasteiger partial charge in [-0.15, -0.1) is 0 Å². The Kier molecular flexibility index (Phi) is 7.04. The fraction of sp³-hybridized carbons (Fsp3) is 0.316. The van der Waals surface area contributed by atoms with Crippen molar-refractivity contribution in [3.63, 3.8) is 0 Å². The van der Waals surface area contributed by atoms with Gasteiger partial charge in [0, 0.05) is 17.0 Å². The van der Waals surface area contributed by atoms with Crippen molar-refractivity contribution >= 4 is 31.3 Å². The van der Waals surface area contributed by atoms with E-state index in [0.29, 0.717) is 29.0 Å². The van der Waals surface area contributed by atoms with Crippen LogP contribution in [-0.4, -0.2) is 28.8 Å². The molecule has 5 nitrogen and oxygen atoms in total. The Labute approximate surface area is 165 Å². The number of nitriles is 1. The van der Waals surface area contributed by atoms with Gasteiger partial charge >= 0.3 is 0 Å². The quantitative estimate of drug-likeness (QED) is 0.597. The first-order valence-corrected chi connectivity index (χ1v) is 12.3. The minimum Gasteiger partial charge on any atom is -0.229 e. The lowest BCUT2D eigenvalue weighted by Crippen LogP contribution is -2.16. The first kappa shape index (κ1) is 21.4. The zero-order chi connectivity index (χ0) is 20.1. The first-order valence-electron chi connectivity index (χ1n) is 8.31. The molecule has 0 bridgehead atoms. The van der Waals surface area contributed by atoms with Crippen molar-refractivity contribution in [1.29, 1.82) is 5.26 Å². The number of hydrogen-bond acceptors (Lipinski definition) is 5. The van der Waals surface area contributed by atoms with Crippen LogP contribution in [-0.2, 0) is 19.7 Å². The lowest BCUT2D eigenvalue weighted by Gasteiger charge is -2.19. The molecule has 2 aromatic carbocycles. The van der Waals surface area contributed by atoms with Crippen LogP contribution in [0.15, 0.2) is 53.4 Å². The Balaban J connectivity index is 2.40. The Morgan fingerprint density at radius 1 is 1.00 bits per heavy atom. The van der Waals surface area contributed by atoms with E-state index < -0.39 is 24.9 Å². The molecule has 0 N–H and O–H groups in total. The molecule has 0 saturated carbocycles. The number of halogens is 1. The van der Waals surface area contributed by atoms with E-state index in [4.69, 9.17) is 11.6 Å². The Hall–Kier alpha value is -1.88. The molecule has 0 spiro atoms. The van der Waals surface area contributed by atoms with E-state index in [2.05, 4.69) is 0 Å². The predicted molar refractivity (Wildman–Crippen MR) is 106 cm³/mol. The van der Waals surface area contributed by atoms with Gasteiger partial charge in [-0.05, 0) is 48.7 Å². The summed E-state index contributed by atoms with van der Waals surface area (Å²) in [5.41, 5.74) is 0.720. The van der Waals surface area contributed by atoms with Gasteiger partial charge in [-0.2, -0.15) is 5.26 Å². The maximum atomic E-state index is 13.2. The second-order valence-corrected chi connectivity index (χ2v) is 11.1. The highest BCUT2D eigenvalue weighted by Crippen LogP contribution is 2.35. The zero-order valence-electron chi connectivity index (χ0n) is 14.8. The summed E-state index contributed by atoms with van der Waals surface area (Å²) in [7, 11) is -6.89. The minimum absolute atomic E-state index is 0.000605. The van der Waals surface area contributed by atoms with Crippen molar-refractivity contribution in [2.24, 2.45) is 0 Å². The van der Waals surface area contributed by atoms with E-state index in [9.17, 15) is 22.1 Å². The molecular weight excluding hydrogens is 406 g/mol. The van der Waals surface area contributed by atoms with Crippen molar-refractivity contribution in [1.82, 2.24) is 0 Å². The van der Waals surface area contributed by atoms with Gasteiger partial charge < -0.3 is 0 Å². The Bertz CT molecular complexity index is 1040. The summed E-state index contributed by atoms with van der Waals surface area (Å²) in [6.07, 6.45) is 2.14. The molecule has 2 aromatic rings. The molecule has 0 aliphatic rings. The summed E-state index contributed by atoms with van der Waals surface area (Å²) in [6, 6.07) is 14.5. The molecule has 1 unspecified atom stereocenters. The van der Waals surface area contributed by atoms with Gasteiger partial charge in [-0.25, -0.2) is 16.8 Å². The summed E-state index contributed by atoms with van der Waals surface area (Å²) >= 11 is 5.86. The van der Waals surface area contributed by atoms with Crippen molar-refractivity contribution in [2.45, 2.75) is 29.4 Å². The fourth-order valence-electron chi connectivity index (χ4n) is 2.84. The molecule has 2 rings (SSSR count). The summed E-state index contributed by atoms with van der Waals surface area (Å²) in [4.78, 5) is 0.118. The van der Waals surface area contributed by atoms with Gasteiger partial charge in [0.2, 0.25) is 0 Å². The van der Waals surface area contributed by atoms with Crippen molar-refractivity contribution < 1.29 is 16.8 Å². The molecule has 0 aliphatic carbocycles. The SMILES string of the molecule is CS(=O)(=O)CCCCC(c1ccccc1C#N)S(=O)(=O)c1ccc(Cl)cc1. The van der Waals surface area contributed by atoms with Crippen LogP contribution in [0.5, 0.6) is 0 Å². The van der Waals surface area contributed by atoms with Gasteiger partial charge in [0.05, 0.1) is 21.8 Å². The maximum absolute atomic E-state index is 13.2. The third-order valence-electron chi connectivity index (χ3n) is 4.18. The third kappa shape index (κ3) is 5.80. The van der Waals surface area contributed by atoms with Gasteiger partial charge in [0.15, 0.2) is 9.84 Å². The van der Waals surface area contributed by atoms with Crippen LogP contribution < -0.4 is 0 Å². The maximum Gasteiger partial charge on any atom is 0.185 e. The van der Waals surface area contributed by atoms with E-state index in [-0.39, 0.29) is 17.1 Å². The van der Waals surface area contributed by atoms with Crippen molar-refractivity contribution in [3.05, 3.63) is 64.7 Å². The smallest absolute Gasteiger partial charge is 0.185 e. The first-order chi connectivity index (χ1) is 12.6. The van der Waals surface area contributed by atoms with E-state index in [1.54, 1.807) is 24.3 Å². The summed E-state index contributed by atoms with van der Waals surface area (Å²) < 4.78 is 49.1. The lowest BCUT2D eigenvalue weighted by atomic mass is 10.0. The van der Waals surface area contributed by atoms with Crippen LogP contribution in [0.2, 0.25) is 5.02 Å². The van der Waals surface area contributed by atoms with Crippen LogP contribution >= 0.6 is 11.6 Å². The summed E-state index contributed by atoms with van der Waals surface area (Å²) in [5, 5.41) is 8.87. The number of sulfone groups is 2. The molecule has 27 heavy (non-hydrogen) atoms.